The van der Waals surface area contributed by atoms with Crippen LogP contribution in [0.5, 0.6) is 0 Å². The highest BCUT2D eigenvalue weighted by Crippen LogP contribution is 2.26. The SMILES string of the molecule is CCCCCCCCCN[C@@H](C)C1CCCCC1. The smallest absolute Gasteiger partial charge is 0.00669 e. The molecule has 1 saturated carbocycles. The summed E-state index contributed by atoms with van der Waals surface area (Å²) >= 11 is 0. The van der Waals surface area contributed by atoms with Gasteiger partial charge in [-0.05, 0) is 38.6 Å². The molecule has 0 aromatic carbocycles. The molecule has 108 valence electrons. The van der Waals surface area contributed by atoms with Crippen molar-refractivity contribution in [3.63, 3.8) is 0 Å². The summed E-state index contributed by atoms with van der Waals surface area (Å²) < 4.78 is 0. The summed E-state index contributed by atoms with van der Waals surface area (Å²) in [6.45, 7) is 5.93. The molecule has 1 aliphatic rings. The van der Waals surface area contributed by atoms with E-state index in [4.69, 9.17) is 0 Å². The first-order valence-corrected chi connectivity index (χ1v) is 8.58. The van der Waals surface area contributed by atoms with Gasteiger partial charge in [0, 0.05) is 6.04 Å². The summed E-state index contributed by atoms with van der Waals surface area (Å²) in [4.78, 5) is 0. The van der Waals surface area contributed by atoms with Crippen LogP contribution in [0, 0.1) is 5.92 Å². The van der Waals surface area contributed by atoms with Crippen LogP contribution >= 0.6 is 0 Å². The highest BCUT2D eigenvalue weighted by Gasteiger charge is 2.18. The Morgan fingerprint density at radius 3 is 2.17 bits per heavy atom. The summed E-state index contributed by atoms with van der Waals surface area (Å²) in [5, 5.41) is 3.75. The number of unbranched alkanes of at least 4 members (excludes halogenated alkanes) is 6. The van der Waals surface area contributed by atoms with Crippen LogP contribution in [0.4, 0.5) is 0 Å². The first-order chi connectivity index (χ1) is 8.84. The van der Waals surface area contributed by atoms with Crippen molar-refractivity contribution in [2.45, 2.75) is 96.9 Å². The van der Waals surface area contributed by atoms with Crippen molar-refractivity contribution in [2.75, 3.05) is 6.54 Å². The molecular formula is C17H35N. The van der Waals surface area contributed by atoms with Crippen LogP contribution in [-0.2, 0) is 0 Å². The fraction of sp³-hybridized carbons (Fsp3) is 1.00. The van der Waals surface area contributed by atoms with Gasteiger partial charge in [0.05, 0.1) is 0 Å². The van der Waals surface area contributed by atoms with E-state index >= 15 is 0 Å². The van der Waals surface area contributed by atoms with Gasteiger partial charge in [-0.2, -0.15) is 0 Å². The Balaban J connectivity index is 1.87. The van der Waals surface area contributed by atoms with Crippen molar-refractivity contribution >= 4 is 0 Å². The summed E-state index contributed by atoms with van der Waals surface area (Å²) in [6, 6.07) is 0.755. The van der Waals surface area contributed by atoms with Crippen LogP contribution in [0.3, 0.4) is 0 Å². The molecule has 0 aromatic heterocycles. The first-order valence-electron chi connectivity index (χ1n) is 8.58. The lowest BCUT2D eigenvalue weighted by molar-refractivity contribution is 0.280. The summed E-state index contributed by atoms with van der Waals surface area (Å²) in [5.41, 5.74) is 0. The molecule has 18 heavy (non-hydrogen) atoms. The molecule has 0 aliphatic heterocycles. The van der Waals surface area contributed by atoms with Crippen molar-refractivity contribution in [3.05, 3.63) is 0 Å². The molecule has 1 N–H and O–H groups in total. The fourth-order valence-electron chi connectivity index (χ4n) is 3.21. The van der Waals surface area contributed by atoms with E-state index in [-0.39, 0.29) is 0 Å². The van der Waals surface area contributed by atoms with Gasteiger partial charge in [0.1, 0.15) is 0 Å². The monoisotopic (exact) mass is 253 g/mol. The van der Waals surface area contributed by atoms with Crippen molar-refractivity contribution in [1.29, 1.82) is 0 Å². The van der Waals surface area contributed by atoms with Gasteiger partial charge in [0.25, 0.3) is 0 Å². The Morgan fingerprint density at radius 2 is 1.50 bits per heavy atom. The Bertz CT molecular complexity index is 172. The third-order valence-electron chi connectivity index (χ3n) is 4.60. The van der Waals surface area contributed by atoms with Crippen molar-refractivity contribution in [1.82, 2.24) is 5.32 Å². The largest absolute Gasteiger partial charge is 0.314 e. The van der Waals surface area contributed by atoms with E-state index < -0.39 is 0 Å². The standard InChI is InChI=1S/C17H35N/c1-3-4-5-6-7-8-12-15-18-16(2)17-13-10-9-11-14-17/h16-18H,3-15H2,1-2H3/t16-/m0/s1. The molecule has 1 fully saturated rings. The number of rotatable bonds is 10. The molecule has 0 saturated heterocycles. The molecule has 0 heterocycles. The van der Waals surface area contributed by atoms with E-state index in [1.54, 1.807) is 0 Å². The van der Waals surface area contributed by atoms with Gasteiger partial charge < -0.3 is 5.32 Å². The molecular weight excluding hydrogens is 218 g/mol. The van der Waals surface area contributed by atoms with Gasteiger partial charge in [-0.15, -0.1) is 0 Å². The topological polar surface area (TPSA) is 12.0 Å². The molecule has 0 unspecified atom stereocenters. The molecule has 1 heteroatoms. The van der Waals surface area contributed by atoms with Crippen LogP contribution in [-0.4, -0.2) is 12.6 Å². The highest BCUT2D eigenvalue weighted by atomic mass is 14.9. The molecule has 1 aliphatic carbocycles. The molecule has 0 amide bonds. The second-order valence-electron chi connectivity index (χ2n) is 6.26. The molecule has 0 spiro atoms. The first kappa shape index (κ1) is 16.0. The van der Waals surface area contributed by atoms with Gasteiger partial charge in [0.15, 0.2) is 0 Å². The average Bonchev–Trinajstić information content (AvgIpc) is 2.42. The maximum Gasteiger partial charge on any atom is 0.00669 e. The van der Waals surface area contributed by atoms with Crippen LogP contribution in [0.1, 0.15) is 90.9 Å². The minimum absolute atomic E-state index is 0.755. The molecule has 1 nitrogen and oxygen atoms in total. The maximum absolute atomic E-state index is 3.75. The Labute approximate surface area is 115 Å². The number of hydrogen-bond acceptors (Lipinski definition) is 1. The molecule has 1 rings (SSSR count). The zero-order valence-electron chi connectivity index (χ0n) is 12.8. The van der Waals surface area contributed by atoms with E-state index in [2.05, 4.69) is 19.2 Å². The van der Waals surface area contributed by atoms with E-state index in [1.807, 2.05) is 0 Å². The maximum atomic E-state index is 3.75. The van der Waals surface area contributed by atoms with E-state index in [1.165, 1.54) is 83.6 Å². The van der Waals surface area contributed by atoms with E-state index in [9.17, 15) is 0 Å². The summed E-state index contributed by atoms with van der Waals surface area (Å²) in [7, 11) is 0. The zero-order chi connectivity index (χ0) is 13.1. The minimum Gasteiger partial charge on any atom is -0.314 e. The van der Waals surface area contributed by atoms with Gasteiger partial charge in [-0.3, -0.25) is 0 Å². The van der Waals surface area contributed by atoms with Crippen molar-refractivity contribution in [2.24, 2.45) is 5.92 Å². The third-order valence-corrected chi connectivity index (χ3v) is 4.60. The second kappa shape index (κ2) is 10.8. The normalized spacial score (nSPS) is 19.0. The number of nitrogens with one attached hydrogen (secondary N) is 1. The Hall–Kier alpha value is -0.0400. The van der Waals surface area contributed by atoms with Crippen LogP contribution in [0.25, 0.3) is 0 Å². The number of hydrogen-bond donors (Lipinski definition) is 1. The van der Waals surface area contributed by atoms with Gasteiger partial charge >= 0.3 is 0 Å². The van der Waals surface area contributed by atoms with Crippen LogP contribution in [0.15, 0.2) is 0 Å². The molecule has 0 radical (unpaired) electrons. The fourth-order valence-corrected chi connectivity index (χ4v) is 3.21. The van der Waals surface area contributed by atoms with Gasteiger partial charge in [-0.1, -0.05) is 64.7 Å². The van der Waals surface area contributed by atoms with E-state index in [0.717, 1.165) is 12.0 Å². The third kappa shape index (κ3) is 7.41. The Kier molecular flexibility index (Phi) is 9.65. The molecule has 0 bridgehead atoms. The second-order valence-corrected chi connectivity index (χ2v) is 6.26. The van der Waals surface area contributed by atoms with Crippen molar-refractivity contribution in [3.8, 4) is 0 Å². The van der Waals surface area contributed by atoms with Gasteiger partial charge in [0.2, 0.25) is 0 Å². The lowest BCUT2D eigenvalue weighted by atomic mass is 9.84. The quantitative estimate of drug-likeness (QED) is 0.521. The van der Waals surface area contributed by atoms with Crippen molar-refractivity contribution < 1.29 is 0 Å². The summed E-state index contributed by atoms with van der Waals surface area (Å²) in [6.07, 6.45) is 17.3. The predicted octanol–water partition coefficient (Wildman–Crippen LogP) is 5.30. The van der Waals surface area contributed by atoms with Crippen LogP contribution < -0.4 is 5.32 Å². The molecule has 0 aromatic rings. The van der Waals surface area contributed by atoms with Gasteiger partial charge in [-0.25, -0.2) is 0 Å². The lowest BCUT2D eigenvalue weighted by Gasteiger charge is -2.28. The Morgan fingerprint density at radius 1 is 0.889 bits per heavy atom. The highest BCUT2D eigenvalue weighted by molar-refractivity contribution is 4.75. The lowest BCUT2D eigenvalue weighted by Crippen LogP contribution is -2.35. The summed E-state index contributed by atoms with van der Waals surface area (Å²) in [5.74, 6) is 0.961. The zero-order valence-corrected chi connectivity index (χ0v) is 12.8. The minimum atomic E-state index is 0.755. The molecule has 1 atom stereocenters. The average molecular weight is 253 g/mol. The van der Waals surface area contributed by atoms with E-state index in [0.29, 0.717) is 0 Å². The van der Waals surface area contributed by atoms with Crippen LogP contribution in [0.2, 0.25) is 0 Å². The predicted molar refractivity (Wildman–Crippen MR) is 82.0 cm³/mol.